The van der Waals surface area contributed by atoms with E-state index < -0.39 is 0 Å². The molecule has 0 heterocycles. The number of fused-ring (bicyclic) bond motifs is 3. The Labute approximate surface area is 115 Å². The van der Waals surface area contributed by atoms with Gasteiger partial charge in [0.2, 0.25) is 0 Å². The van der Waals surface area contributed by atoms with Gasteiger partial charge in [-0.05, 0) is 71.2 Å². The van der Waals surface area contributed by atoms with Crippen molar-refractivity contribution in [3.63, 3.8) is 0 Å². The minimum Gasteiger partial charge on any atom is -0.496 e. The molecule has 1 heteroatoms. The summed E-state index contributed by atoms with van der Waals surface area (Å²) in [5, 5.41) is 2.77. The molecule has 1 aliphatic carbocycles. The first-order chi connectivity index (χ1) is 9.20. The minimum absolute atomic E-state index is 0.496. The second-order valence-electron chi connectivity index (χ2n) is 5.88. The molecule has 0 N–H and O–H groups in total. The van der Waals surface area contributed by atoms with Gasteiger partial charge in [0.15, 0.2) is 0 Å². The quantitative estimate of drug-likeness (QED) is 0.744. The van der Waals surface area contributed by atoms with Crippen LogP contribution in [0, 0.1) is 0 Å². The molecule has 1 aliphatic rings. The van der Waals surface area contributed by atoms with Crippen molar-refractivity contribution in [3.05, 3.63) is 41.0 Å². The second-order valence-corrected chi connectivity index (χ2v) is 5.88. The summed E-state index contributed by atoms with van der Waals surface area (Å²) >= 11 is 0. The molecule has 0 fully saturated rings. The fraction of sp³-hybridized carbons (Fsp3) is 0.444. The normalized spacial score (nSPS) is 14.7. The zero-order chi connectivity index (χ0) is 13.4. The largest absolute Gasteiger partial charge is 0.496 e. The summed E-state index contributed by atoms with van der Waals surface area (Å²) in [6.07, 6.45) is 5.11. The lowest BCUT2D eigenvalue weighted by Gasteiger charge is -2.20. The number of ether oxygens (including phenoxy) is 1. The minimum atomic E-state index is 0.496. The van der Waals surface area contributed by atoms with Gasteiger partial charge in [-0.1, -0.05) is 26.0 Å². The van der Waals surface area contributed by atoms with Gasteiger partial charge in [0, 0.05) is 0 Å². The third-order valence-corrected chi connectivity index (χ3v) is 4.32. The molecule has 0 aliphatic heterocycles. The molecule has 0 atom stereocenters. The molecule has 0 aromatic heterocycles. The molecule has 1 nitrogen and oxygen atoms in total. The van der Waals surface area contributed by atoms with E-state index in [1.807, 2.05) is 0 Å². The molecule has 2 aromatic rings. The van der Waals surface area contributed by atoms with Crippen molar-refractivity contribution in [2.24, 2.45) is 0 Å². The zero-order valence-electron chi connectivity index (χ0n) is 12.1. The Bertz CT molecular complexity index is 611. The first kappa shape index (κ1) is 12.5. The Morgan fingerprint density at radius 1 is 1.05 bits per heavy atom. The maximum absolute atomic E-state index is 5.61. The predicted molar refractivity (Wildman–Crippen MR) is 81.2 cm³/mol. The van der Waals surface area contributed by atoms with Crippen LogP contribution in [0.3, 0.4) is 0 Å². The average Bonchev–Trinajstić information content (AvgIpc) is 2.45. The van der Waals surface area contributed by atoms with Crippen LogP contribution in [-0.4, -0.2) is 7.11 Å². The molecule has 0 saturated carbocycles. The van der Waals surface area contributed by atoms with E-state index in [4.69, 9.17) is 4.74 Å². The summed E-state index contributed by atoms with van der Waals surface area (Å²) in [5.41, 5.74) is 4.40. The number of rotatable bonds is 2. The average molecular weight is 254 g/mol. The number of benzene rings is 2. The van der Waals surface area contributed by atoms with Crippen molar-refractivity contribution in [2.75, 3.05) is 7.11 Å². The van der Waals surface area contributed by atoms with E-state index in [0.717, 1.165) is 5.75 Å². The van der Waals surface area contributed by atoms with E-state index in [1.165, 1.54) is 47.6 Å². The zero-order valence-corrected chi connectivity index (χ0v) is 12.1. The molecular weight excluding hydrogens is 232 g/mol. The number of hydrogen-bond acceptors (Lipinski definition) is 1. The van der Waals surface area contributed by atoms with Gasteiger partial charge in [-0.15, -0.1) is 0 Å². The van der Waals surface area contributed by atoms with Crippen LogP contribution in [-0.2, 0) is 12.8 Å². The number of hydrogen-bond donors (Lipinski definition) is 0. The van der Waals surface area contributed by atoms with Crippen LogP contribution in [0.4, 0.5) is 0 Å². The standard InChI is InChI=1S/C18H22O/c1-12(2)16-10-14-9-8-13-6-4-5-7-15(13)17(14)11-18(16)19-3/h8-12H,4-7H2,1-3H3. The number of methoxy groups -OCH3 is 1. The van der Waals surface area contributed by atoms with Gasteiger partial charge in [0.25, 0.3) is 0 Å². The number of aryl methyl sites for hydroxylation is 2. The van der Waals surface area contributed by atoms with Gasteiger partial charge in [0.05, 0.1) is 7.11 Å². The first-order valence-electron chi connectivity index (χ1n) is 7.33. The Kier molecular flexibility index (Phi) is 3.22. The van der Waals surface area contributed by atoms with E-state index in [1.54, 1.807) is 12.7 Å². The van der Waals surface area contributed by atoms with Gasteiger partial charge >= 0.3 is 0 Å². The molecule has 0 saturated heterocycles. The summed E-state index contributed by atoms with van der Waals surface area (Å²) < 4.78 is 5.61. The van der Waals surface area contributed by atoms with Crippen LogP contribution < -0.4 is 4.74 Å². The molecule has 0 spiro atoms. The third kappa shape index (κ3) is 2.11. The lowest BCUT2D eigenvalue weighted by atomic mass is 9.86. The summed E-state index contributed by atoms with van der Waals surface area (Å²) in [7, 11) is 1.78. The molecular formula is C18H22O. The van der Waals surface area contributed by atoms with Crippen molar-refractivity contribution < 1.29 is 4.74 Å². The molecule has 0 amide bonds. The highest BCUT2D eigenvalue weighted by Crippen LogP contribution is 2.35. The van der Waals surface area contributed by atoms with Crippen molar-refractivity contribution in [1.82, 2.24) is 0 Å². The first-order valence-corrected chi connectivity index (χ1v) is 7.33. The summed E-state index contributed by atoms with van der Waals surface area (Å²) in [4.78, 5) is 0. The monoisotopic (exact) mass is 254 g/mol. The van der Waals surface area contributed by atoms with Crippen LogP contribution in [0.15, 0.2) is 24.3 Å². The van der Waals surface area contributed by atoms with Crippen LogP contribution in [0.1, 0.15) is 49.3 Å². The lowest BCUT2D eigenvalue weighted by Crippen LogP contribution is -2.04. The Morgan fingerprint density at radius 2 is 1.84 bits per heavy atom. The summed E-state index contributed by atoms with van der Waals surface area (Å²) in [6, 6.07) is 9.18. The van der Waals surface area contributed by atoms with E-state index in [9.17, 15) is 0 Å². The van der Waals surface area contributed by atoms with Crippen molar-refractivity contribution in [1.29, 1.82) is 0 Å². The molecule has 100 valence electrons. The van der Waals surface area contributed by atoms with Crippen LogP contribution in [0.25, 0.3) is 10.8 Å². The highest BCUT2D eigenvalue weighted by molar-refractivity contribution is 5.89. The molecule has 0 radical (unpaired) electrons. The van der Waals surface area contributed by atoms with Gasteiger partial charge in [-0.3, -0.25) is 0 Å². The van der Waals surface area contributed by atoms with Crippen LogP contribution in [0.2, 0.25) is 0 Å². The fourth-order valence-electron chi connectivity index (χ4n) is 3.25. The molecule has 0 unspecified atom stereocenters. The summed E-state index contributed by atoms with van der Waals surface area (Å²) in [5.74, 6) is 1.54. The third-order valence-electron chi connectivity index (χ3n) is 4.32. The Balaban J connectivity index is 2.26. The molecule has 19 heavy (non-hydrogen) atoms. The van der Waals surface area contributed by atoms with Gasteiger partial charge in [0.1, 0.15) is 5.75 Å². The SMILES string of the molecule is COc1cc2c3c(ccc2cc1C(C)C)CCCC3. The predicted octanol–water partition coefficient (Wildman–Crippen LogP) is 4.85. The van der Waals surface area contributed by atoms with E-state index in [2.05, 4.69) is 38.1 Å². The van der Waals surface area contributed by atoms with Crippen molar-refractivity contribution in [3.8, 4) is 5.75 Å². The molecule has 3 rings (SSSR count). The topological polar surface area (TPSA) is 9.23 Å². The van der Waals surface area contributed by atoms with Crippen LogP contribution >= 0.6 is 0 Å². The Hall–Kier alpha value is -1.50. The van der Waals surface area contributed by atoms with Crippen LogP contribution in [0.5, 0.6) is 5.75 Å². The maximum Gasteiger partial charge on any atom is 0.122 e. The lowest BCUT2D eigenvalue weighted by molar-refractivity contribution is 0.408. The second kappa shape index (κ2) is 4.88. The van der Waals surface area contributed by atoms with Gasteiger partial charge in [-0.25, -0.2) is 0 Å². The smallest absolute Gasteiger partial charge is 0.122 e. The van der Waals surface area contributed by atoms with Gasteiger partial charge < -0.3 is 4.74 Å². The van der Waals surface area contributed by atoms with E-state index in [-0.39, 0.29) is 0 Å². The highest BCUT2D eigenvalue weighted by Gasteiger charge is 2.15. The van der Waals surface area contributed by atoms with Crippen molar-refractivity contribution >= 4 is 10.8 Å². The van der Waals surface area contributed by atoms with Gasteiger partial charge in [-0.2, -0.15) is 0 Å². The summed E-state index contributed by atoms with van der Waals surface area (Å²) in [6.45, 7) is 4.45. The maximum atomic E-state index is 5.61. The van der Waals surface area contributed by atoms with E-state index >= 15 is 0 Å². The van der Waals surface area contributed by atoms with Crippen molar-refractivity contribution in [2.45, 2.75) is 45.4 Å². The van der Waals surface area contributed by atoms with E-state index in [0.29, 0.717) is 5.92 Å². The molecule has 0 bridgehead atoms. The highest BCUT2D eigenvalue weighted by atomic mass is 16.5. The Morgan fingerprint density at radius 3 is 2.58 bits per heavy atom. The molecule has 2 aromatic carbocycles. The fourth-order valence-corrected chi connectivity index (χ4v) is 3.25.